The Kier molecular flexibility index (Phi) is 4.59. The standard InChI is InChI=1S/C28H23N2O/c1-18-13-19(2)15-20(14-18)17-30-25-10-6-9-24(28(29)31)27(25)23-12-11-22(16-26(23)30)21-7-4-3-5-8-21/h3-11,13-16H,17H2,1-2H3,(H2,29,31). The predicted molar refractivity (Wildman–Crippen MR) is 127 cm³/mol. The van der Waals surface area contributed by atoms with Crippen molar-refractivity contribution in [1.82, 2.24) is 4.57 Å². The fourth-order valence-electron chi connectivity index (χ4n) is 4.57. The molecule has 0 spiro atoms. The van der Waals surface area contributed by atoms with Crippen molar-refractivity contribution in [3.8, 4) is 11.1 Å². The molecule has 3 heteroatoms. The van der Waals surface area contributed by atoms with Crippen molar-refractivity contribution in [1.29, 1.82) is 0 Å². The van der Waals surface area contributed by atoms with Crippen molar-refractivity contribution in [3.63, 3.8) is 0 Å². The number of nitrogens with two attached hydrogens (primary N) is 1. The van der Waals surface area contributed by atoms with Crippen LogP contribution in [0.3, 0.4) is 0 Å². The van der Waals surface area contributed by atoms with Gasteiger partial charge in [0, 0.05) is 22.9 Å². The number of rotatable bonds is 4. The van der Waals surface area contributed by atoms with Crippen LogP contribution in [-0.4, -0.2) is 10.5 Å². The summed E-state index contributed by atoms with van der Waals surface area (Å²) in [6.45, 7) is 4.94. The van der Waals surface area contributed by atoms with Gasteiger partial charge in [-0.05, 0) is 60.9 Å². The molecule has 0 aliphatic carbocycles. The Morgan fingerprint density at radius 1 is 0.871 bits per heavy atom. The minimum atomic E-state index is -0.420. The first-order valence-electron chi connectivity index (χ1n) is 10.4. The maximum Gasteiger partial charge on any atom is 0.249 e. The fraction of sp³-hybridized carbons (Fsp3) is 0.107. The average molecular weight is 404 g/mol. The number of aryl methyl sites for hydroxylation is 2. The summed E-state index contributed by atoms with van der Waals surface area (Å²) >= 11 is 0. The Balaban J connectivity index is 1.81. The van der Waals surface area contributed by atoms with E-state index in [1.54, 1.807) is 6.07 Å². The van der Waals surface area contributed by atoms with Gasteiger partial charge in [-0.15, -0.1) is 0 Å². The fourth-order valence-corrected chi connectivity index (χ4v) is 4.57. The van der Waals surface area contributed by atoms with Gasteiger partial charge in [-0.3, -0.25) is 4.79 Å². The molecule has 151 valence electrons. The number of benzene rings is 4. The van der Waals surface area contributed by atoms with E-state index in [1.807, 2.05) is 30.3 Å². The van der Waals surface area contributed by atoms with Gasteiger partial charge >= 0.3 is 0 Å². The van der Waals surface area contributed by atoms with Crippen molar-refractivity contribution < 1.29 is 4.79 Å². The topological polar surface area (TPSA) is 48.0 Å². The summed E-state index contributed by atoms with van der Waals surface area (Å²) in [5.41, 5.74) is 14.2. The molecule has 0 unspecified atom stereocenters. The second-order valence-corrected chi connectivity index (χ2v) is 8.16. The summed E-state index contributed by atoms with van der Waals surface area (Å²) in [6, 6.07) is 30.3. The van der Waals surface area contributed by atoms with E-state index in [2.05, 4.69) is 66.9 Å². The smallest absolute Gasteiger partial charge is 0.249 e. The van der Waals surface area contributed by atoms with Gasteiger partial charge in [-0.2, -0.15) is 0 Å². The number of carbonyl (C=O) groups excluding carboxylic acids is 1. The SMILES string of the molecule is Cc1cc(C)cc(Cn2c3cc(-c4ccccc4)c[c]c3c3c(C(N)=O)cccc32)c1. The zero-order valence-electron chi connectivity index (χ0n) is 17.6. The van der Waals surface area contributed by atoms with Gasteiger partial charge in [0.05, 0.1) is 11.0 Å². The van der Waals surface area contributed by atoms with Crippen molar-refractivity contribution >= 4 is 27.7 Å². The van der Waals surface area contributed by atoms with E-state index in [9.17, 15) is 4.79 Å². The Morgan fingerprint density at radius 2 is 1.61 bits per heavy atom. The lowest BCUT2D eigenvalue weighted by Gasteiger charge is -2.11. The molecule has 0 aliphatic heterocycles. The summed E-state index contributed by atoms with van der Waals surface area (Å²) in [5, 5.41) is 1.79. The Morgan fingerprint density at radius 3 is 2.32 bits per heavy atom. The molecule has 0 saturated carbocycles. The van der Waals surface area contributed by atoms with Crippen LogP contribution in [0.2, 0.25) is 0 Å². The van der Waals surface area contributed by atoms with Gasteiger partial charge in [-0.1, -0.05) is 65.7 Å². The third-order valence-electron chi connectivity index (χ3n) is 5.79. The van der Waals surface area contributed by atoms with Gasteiger partial charge in [0.15, 0.2) is 0 Å². The zero-order valence-corrected chi connectivity index (χ0v) is 17.6. The van der Waals surface area contributed by atoms with E-state index in [0.29, 0.717) is 12.1 Å². The minimum absolute atomic E-state index is 0.420. The van der Waals surface area contributed by atoms with Crippen LogP contribution in [0, 0.1) is 19.9 Å². The van der Waals surface area contributed by atoms with Gasteiger partial charge in [0.1, 0.15) is 0 Å². The Labute approximate surface area is 181 Å². The minimum Gasteiger partial charge on any atom is -0.366 e. The number of nitrogens with zero attached hydrogens (tertiary/aromatic N) is 1. The van der Waals surface area contributed by atoms with Crippen molar-refractivity contribution in [2.24, 2.45) is 5.73 Å². The lowest BCUT2D eigenvalue weighted by molar-refractivity contribution is 0.100. The van der Waals surface area contributed by atoms with Crippen LogP contribution >= 0.6 is 0 Å². The van der Waals surface area contributed by atoms with E-state index >= 15 is 0 Å². The third kappa shape index (κ3) is 3.38. The molecule has 31 heavy (non-hydrogen) atoms. The molecule has 1 radical (unpaired) electrons. The van der Waals surface area contributed by atoms with E-state index in [4.69, 9.17) is 5.73 Å². The van der Waals surface area contributed by atoms with Crippen LogP contribution in [0.1, 0.15) is 27.0 Å². The molecule has 4 aromatic carbocycles. The highest BCUT2D eigenvalue weighted by atomic mass is 16.1. The van der Waals surface area contributed by atoms with Crippen molar-refractivity contribution in [2.75, 3.05) is 0 Å². The molecule has 2 N–H and O–H groups in total. The van der Waals surface area contributed by atoms with Crippen molar-refractivity contribution in [3.05, 3.63) is 107 Å². The quantitative estimate of drug-likeness (QED) is 0.391. The number of aromatic nitrogens is 1. The molecular weight excluding hydrogens is 380 g/mol. The van der Waals surface area contributed by atoms with E-state index < -0.39 is 5.91 Å². The monoisotopic (exact) mass is 403 g/mol. The molecule has 0 fully saturated rings. The first kappa shape index (κ1) is 19.1. The summed E-state index contributed by atoms with van der Waals surface area (Å²) in [6.07, 6.45) is 0. The highest BCUT2D eigenvalue weighted by molar-refractivity contribution is 6.18. The zero-order chi connectivity index (χ0) is 21.5. The molecular formula is C28H23N2O. The highest BCUT2D eigenvalue weighted by Gasteiger charge is 2.17. The lowest BCUT2D eigenvalue weighted by atomic mass is 10.0. The molecule has 1 aromatic heterocycles. The number of hydrogen-bond donors (Lipinski definition) is 1. The van der Waals surface area contributed by atoms with Gasteiger partial charge < -0.3 is 10.3 Å². The summed E-state index contributed by atoms with van der Waals surface area (Å²) in [7, 11) is 0. The number of primary amides is 1. The number of fused-ring (bicyclic) bond motifs is 3. The van der Waals surface area contributed by atoms with Gasteiger partial charge in [0.25, 0.3) is 0 Å². The molecule has 0 saturated heterocycles. The molecule has 5 rings (SSSR count). The van der Waals surface area contributed by atoms with Crippen LogP contribution in [0.4, 0.5) is 0 Å². The van der Waals surface area contributed by atoms with Crippen LogP contribution in [0.15, 0.2) is 78.9 Å². The molecule has 1 amide bonds. The largest absolute Gasteiger partial charge is 0.366 e. The average Bonchev–Trinajstić information content (AvgIpc) is 3.06. The summed E-state index contributed by atoms with van der Waals surface area (Å²) in [4.78, 5) is 12.2. The number of amides is 1. The van der Waals surface area contributed by atoms with Crippen LogP contribution in [-0.2, 0) is 6.54 Å². The first-order valence-corrected chi connectivity index (χ1v) is 10.4. The number of hydrogen-bond acceptors (Lipinski definition) is 1. The van der Waals surface area contributed by atoms with Crippen molar-refractivity contribution in [2.45, 2.75) is 20.4 Å². The maximum atomic E-state index is 12.2. The van der Waals surface area contributed by atoms with Crippen LogP contribution in [0.5, 0.6) is 0 Å². The molecule has 5 aromatic rings. The van der Waals surface area contributed by atoms with E-state index in [-0.39, 0.29) is 0 Å². The van der Waals surface area contributed by atoms with E-state index in [1.165, 1.54) is 16.7 Å². The molecule has 0 bridgehead atoms. The van der Waals surface area contributed by atoms with Gasteiger partial charge in [-0.25, -0.2) is 0 Å². The van der Waals surface area contributed by atoms with Gasteiger partial charge in [0.2, 0.25) is 5.91 Å². The Hall–Kier alpha value is -3.85. The molecule has 0 aliphatic rings. The highest BCUT2D eigenvalue weighted by Crippen LogP contribution is 2.34. The van der Waals surface area contributed by atoms with Crippen LogP contribution < -0.4 is 5.73 Å². The predicted octanol–water partition coefficient (Wildman–Crippen LogP) is 6.03. The first-order chi connectivity index (χ1) is 15.0. The molecule has 3 nitrogen and oxygen atoms in total. The Bertz CT molecular complexity index is 1420. The summed E-state index contributed by atoms with van der Waals surface area (Å²) < 4.78 is 2.27. The third-order valence-corrected chi connectivity index (χ3v) is 5.79. The second-order valence-electron chi connectivity index (χ2n) is 8.16. The number of carbonyl (C=O) groups is 1. The molecule has 1 heterocycles. The maximum absolute atomic E-state index is 12.2. The molecule has 0 atom stereocenters. The van der Waals surface area contributed by atoms with Crippen LogP contribution in [0.25, 0.3) is 32.9 Å². The normalized spacial score (nSPS) is 11.3. The van der Waals surface area contributed by atoms with E-state index in [0.717, 1.165) is 32.9 Å². The second kappa shape index (κ2) is 7.44. The lowest BCUT2D eigenvalue weighted by Crippen LogP contribution is -2.11. The summed E-state index contributed by atoms with van der Waals surface area (Å²) in [5.74, 6) is -0.420.